The minimum absolute atomic E-state index is 0.0942. The second-order valence-electron chi connectivity index (χ2n) is 9.62. The number of hydrogen-bond donors (Lipinski definition) is 1. The second kappa shape index (κ2) is 12.7. The van der Waals surface area contributed by atoms with E-state index in [1.165, 1.54) is 11.9 Å². The molecular formula is C30H37N3O4S. The third-order valence-corrected chi connectivity index (χ3v) is 8.35. The van der Waals surface area contributed by atoms with Crippen LogP contribution in [0.2, 0.25) is 0 Å². The van der Waals surface area contributed by atoms with Crippen LogP contribution >= 0.6 is 0 Å². The molecule has 0 fully saturated rings. The zero-order valence-corrected chi connectivity index (χ0v) is 23.5. The average Bonchev–Trinajstić information content (AvgIpc) is 2.92. The van der Waals surface area contributed by atoms with Crippen LogP contribution in [-0.2, 0) is 26.2 Å². The summed E-state index contributed by atoms with van der Waals surface area (Å²) in [4.78, 5) is 28.2. The van der Waals surface area contributed by atoms with Gasteiger partial charge in [0.15, 0.2) is 0 Å². The summed E-state index contributed by atoms with van der Waals surface area (Å²) in [5, 5.41) is 2.64. The Hall–Kier alpha value is -3.65. The maximum absolute atomic E-state index is 13.9. The number of carbonyl (C=O) groups excluding carboxylic acids is 2. The monoisotopic (exact) mass is 535 g/mol. The number of aryl methyl sites for hydroxylation is 1. The van der Waals surface area contributed by atoms with Crippen molar-refractivity contribution in [1.82, 2.24) is 10.2 Å². The zero-order chi connectivity index (χ0) is 27.9. The third kappa shape index (κ3) is 6.81. The van der Waals surface area contributed by atoms with E-state index in [1.54, 1.807) is 36.4 Å². The summed E-state index contributed by atoms with van der Waals surface area (Å²) in [6.45, 7) is 7.56. The van der Waals surface area contributed by atoms with E-state index in [-0.39, 0.29) is 23.3 Å². The van der Waals surface area contributed by atoms with E-state index >= 15 is 0 Å². The standard InChI is InChI=1S/C30H37N3O4S/c1-6-28(30(35)31-5)32(20-24-10-8-7-9-11-24)29(34)21-33(26-16-14-25(15-17-26)22(2)3)38(36,37)27-18-12-23(4)13-19-27/h7-19,22,28H,6,20-21H2,1-5H3,(H,31,35). The number of amides is 2. The number of anilines is 1. The first-order chi connectivity index (χ1) is 18.1. The van der Waals surface area contributed by atoms with Crippen molar-refractivity contribution in [3.05, 3.63) is 95.6 Å². The average molecular weight is 536 g/mol. The van der Waals surface area contributed by atoms with Gasteiger partial charge >= 0.3 is 0 Å². The van der Waals surface area contributed by atoms with Crippen molar-refractivity contribution in [3.63, 3.8) is 0 Å². The fourth-order valence-electron chi connectivity index (χ4n) is 4.26. The van der Waals surface area contributed by atoms with E-state index in [0.717, 1.165) is 21.0 Å². The molecule has 3 aromatic rings. The predicted octanol–water partition coefficient (Wildman–Crippen LogP) is 4.87. The molecule has 0 radical (unpaired) electrons. The van der Waals surface area contributed by atoms with Gasteiger partial charge in [0.2, 0.25) is 11.8 Å². The Bertz CT molecular complexity index is 1320. The molecule has 1 atom stereocenters. The van der Waals surface area contributed by atoms with Crippen molar-refractivity contribution >= 4 is 27.5 Å². The quantitative estimate of drug-likeness (QED) is 0.380. The zero-order valence-electron chi connectivity index (χ0n) is 22.7. The lowest BCUT2D eigenvalue weighted by atomic mass is 10.0. The first-order valence-electron chi connectivity index (χ1n) is 12.8. The van der Waals surface area contributed by atoms with Crippen LogP contribution in [0.25, 0.3) is 0 Å². The van der Waals surface area contributed by atoms with Gasteiger partial charge in [-0.15, -0.1) is 0 Å². The number of hydrogen-bond acceptors (Lipinski definition) is 4. The molecule has 2 amide bonds. The molecule has 202 valence electrons. The molecule has 0 spiro atoms. The smallest absolute Gasteiger partial charge is 0.264 e. The Kier molecular flexibility index (Phi) is 9.69. The van der Waals surface area contributed by atoms with Gasteiger partial charge in [-0.3, -0.25) is 13.9 Å². The highest BCUT2D eigenvalue weighted by molar-refractivity contribution is 7.92. The third-order valence-electron chi connectivity index (χ3n) is 6.56. The molecule has 0 heterocycles. The lowest BCUT2D eigenvalue weighted by Crippen LogP contribution is -2.51. The molecule has 1 unspecified atom stereocenters. The predicted molar refractivity (Wildman–Crippen MR) is 151 cm³/mol. The Morgan fingerprint density at radius 1 is 0.895 bits per heavy atom. The number of nitrogens with zero attached hydrogens (tertiary/aromatic N) is 2. The van der Waals surface area contributed by atoms with Crippen LogP contribution in [0.3, 0.4) is 0 Å². The molecule has 0 saturated carbocycles. The molecule has 3 aromatic carbocycles. The first-order valence-corrected chi connectivity index (χ1v) is 14.3. The molecule has 0 bridgehead atoms. The molecule has 0 aliphatic carbocycles. The minimum Gasteiger partial charge on any atom is -0.357 e. The summed E-state index contributed by atoms with van der Waals surface area (Å²) in [6.07, 6.45) is 0.381. The topological polar surface area (TPSA) is 86.8 Å². The molecule has 0 aliphatic rings. The summed E-state index contributed by atoms with van der Waals surface area (Å²) >= 11 is 0. The number of likely N-dealkylation sites (N-methyl/N-ethyl adjacent to an activating group) is 1. The molecule has 3 rings (SSSR count). The maximum Gasteiger partial charge on any atom is 0.264 e. The normalized spacial score (nSPS) is 12.2. The number of benzene rings is 3. The molecular weight excluding hydrogens is 498 g/mol. The fraction of sp³-hybridized carbons (Fsp3) is 0.333. The van der Waals surface area contributed by atoms with Crippen LogP contribution in [0.5, 0.6) is 0 Å². The highest BCUT2D eigenvalue weighted by Gasteiger charge is 2.33. The summed E-state index contributed by atoms with van der Waals surface area (Å²) < 4.78 is 28.9. The highest BCUT2D eigenvalue weighted by Crippen LogP contribution is 2.27. The second-order valence-corrected chi connectivity index (χ2v) is 11.5. The molecule has 0 saturated heterocycles. The molecule has 8 heteroatoms. The van der Waals surface area contributed by atoms with E-state index in [9.17, 15) is 18.0 Å². The van der Waals surface area contributed by atoms with Gasteiger partial charge in [-0.1, -0.05) is 80.9 Å². The van der Waals surface area contributed by atoms with Crippen LogP contribution in [0.1, 0.15) is 49.8 Å². The Morgan fingerprint density at radius 3 is 2.03 bits per heavy atom. The Balaban J connectivity index is 2.06. The van der Waals surface area contributed by atoms with Crippen molar-refractivity contribution in [1.29, 1.82) is 0 Å². The van der Waals surface area contributed by atoms with E-state index in [4.69, 9.17) is 0 Å². The fourth-order valence-corrected chi connectivity index (χ4v) is 5.67. The van der Waals surface area contributed by atoms with Crippen molar-refractivity contribution in [3.8, 4) is 0 Å². The highest BCUT2D eigenvalue weighted by atomic mass is 32.2. The van der Waals surface area contributed by atoms with Gasteiger partial charge in [0.05, 0.1) is 10.6 Å². The lowest BCUT2D eigenvalue weighted by molar-refractivity contribution is -0.140. The van der Waals surface area contributed by atoms with Crippen molar-refractivity contribution in [2.45, 2.75) is 57.5 Å². The van der Waals surface area contributed by atoms with E-state index in [1.807, 2.05) is 56.3 Å². The van der Waals surface area contributed by atoms with Crippen LogP contribution in [0.4, 0.5) is 5.69 Å². The molecule has 0 aromatic heterocycles. The van der Waals surface area contributed by atoms with Gasteiger partial charge in [-0.2, -0.15) is 0 Å². The largest absolute Gasteiger partial charge is 0.357 e. The lowest BCUT2D eigenvalue weighted by Gasteiger charge is -2.33. The summed E-state index contributed by atoms with van der Waals surface area (Å²) in [6, 6.07) is 22.4. The van der Waals surface area contributed by atoms with Gasteiger partial charge in [-0.25, -0.2) is 8.42 Å². The van der Waals surface area contributed by atoms with E-state index in [0.29, 0.717) is 12.1 Å². The van der Waals surface area contributed by atoms with Gasteiger partial charge in [0, 0.05) is 13.6 Å². The maximum atomic E-state index is 13.9. The van der Waals surface area contributed by atoms with Crippen LogP contribution in [-0.4, -0.2) is 44.8 Å². The van der Waals surface area contributed by atoms with Crippen molar-refractivity contribution in [2.24, 2.45) is 0 Å². The summed E-state index contributed by atoms with van der Waals surface area (Å²) in [5.41, 5.74) is 3.22. The van der Waals surface area contributed by atoms with E-state index < -0.39 is 28.5 Å². The SMILES string of the molecule is CCC(C(=O)NC)N(Cc1ccccc1)C(=O)CN(c1ccc(C(C)C)cc1)S(=O)(=O)c1ccc(C)cc1. The van der Waals surface area contributed by atoms with Gasteiger partial charge < -0.3 is 10.2 Å². The van der Waals surface area contributed by atoms with Crippen LogP contribution in [0, 0.1) is 6.92 Å². The summed E-state index contributed by atoms with van der Waals surface area (Å²) in [7, 11) is -2.55. The van der Waals surface area contributed by atoms with Gasteiger partial charge in [0.1, 0.15) is 12.6 Å². The van der Waals surface area contributed by atoms with Gasteiger partial charge in [0.25, 0.3) is 10.0 Å². The van der Waals surface area contributed by atoms with E-state index in [2.05, 4.69) is 19.2 Å². The minimum atomic E-state index is -4.08. The number of carbonyl (C=O) groups is 2. The molecule has 7 nitrogen and oxygen atoms in total. The number of nitrogens with one attached hydrogen (secondary N) is 1. The summed E-state index contributed by atoms with van der Waals surface area (Å²) in [5.74, 6) is -0.494. The molecule has 38 heavy (non-hydrogen) atoms. The first kappa shape index (κ1) is 28.9. The number of rotatable bonds is 11. The molecule has 1 N–H and O–H groups in total. The van der Waals surface area contributed by atoms with Crippen molar-refractivity contribution < 1.29 is 18.0 Å². The number of sulfonamides is 1. The Morgan fingerprint density at radius 2 is 1.50 bits per heavy atom. The van der Waals surface area contributed by atoms with Crippen molar-refractivity contribution in [2.75, 3.05) is 17.9 Å². The van der Waals surface area contributed by atoms with Gasteiger partial charge in [-0.05, 0) is 54.7 Å². The Labute approximate surface area is 226 Å². The van der Waals surface area contributed by atoms with Crippen LogP contribution < -0.4 is 9.62 Å². The molecule has 0 aliphatic heterocycles. The van der Waals surface area contributed by atoms with Crippen LogP contribution in [0.15, 0.2) is 83.8 Å².